The first-order valence-electron chi connectivity index (χ1n) is 10.5. The Hall–Kier alpha value is -3.40. The van der Waals surface area contributed by atoms with Gasteiger partial charge in [0.1, 0.15) is 17.2 Å². The summed E-state index contributed by atoms with van der Waals surface area (Å²) in [6.45, 7) is 1.58. The number of ether oxygens (including phenoxy) is 2. The van der Waals surface area contributed by atoms with E-state index >= 15 is 0 Å². The number of carbonyl (C=O) groups is 2. The van der Waals surface area contributed by atoms with Crippen LogP contribution in [-0.2, 0) is 9.59 Å². The van der Waals surface area contributed by atoms with E-state index in [0.29, 0.717) is 29.1 Å². The molecular weight excluding hydrogens is 464 g/mol. The number of thioether (sulfide) groups is 1. The van der Waals surface area contributed by atoms with Gasteiger partial charge in [0.15, 0.2) is 5.17 Å². The van der Waals surface area contributed by atoms with Crippen molar-refractivity contribution < 1.29 is 27.8 Å². The van der Waals surface area contributed by atoms with E-state index in [4.69, 9.17) is 4.74 Å². The highest BCUT2D eigenvalue weighted by Crippen LogP contribution is 2.31. The summed E-state index contributed by atoms with van der Waals surface area (Å²) in [6.07, 6.45) is 1.63. The number of nitrogens with one attached hydrogen (secondary N) is 1. The minimum atomic E-state index is -2.95. The van der Waals surface area contributed by atoms with Gasteiger partial charge in [-0.1, -0.05) is 37.7 Å². The fraction of sp³-hybridized carbons (Fsp3) is 0.292. The van der Waals surface area contributed by atoms with Crippen LogP contribution in [0.1, 0.15) is 19.4 Å². The van der Waals surface area contributed by atoms with Crippen LogP contribution in [0.15, 0.2) is 59.2 Å². The summed E-state index contributed by atoms with van der Waals surface area (Å²) >= 11 is 1.12. The van der Waals surface area contributed by atoms with Gasteiger partial charge in [0, 0.05) is 6.54 Å². The van der Waals surface area contributed by atoms with Crippen molar-refractivity contribution in [3.05, 3.63) is 59.8 Å². The smallest absolute Gasteiger partial charge is 0.387 e. The monoisotopic (exact) mass is 489 g/mol. The molecule has 2 aromatic rings. The molecule has 3 rings (SSSR count). The number of methoxy groups -OCH3 is 1. The minimum Gasteiger partial charge on any atom is -0.497 e. The van der Waals surface area contributed by atoms with Gasteiger partial charge in [-0.25, -0.2) is 4.99 Å². The lowest BCUT2D eigenvalue weighted by molar-refractivity contribution is -0.118. The van der Waals surface area contributed by atoms with Gasteiger partial charge in [0.2, 0.25) is 5.91 Å². The first-order valence-corrected chi connectivity index (χ1v) is 11.5. The molecule has 1 heterocycles. The van der Waals surface area contributed by atoms with E-state index in [0.717, 1.165) is 17.3 Å². The predicted molar refractivity (Wildman–Crippen MR) is 129 cm³/mol. The molecule has 34 heavy (non-hydrogen) atoms. The van der Waals surface area contributed by atoms with E-state index in [1.165, 1.54) is 29.2 Å². The van der Waals surface area contributed by atoms with Crippen LogP contribution in [0.3, 0.4) is 0 Å². The molecule has 0 unspecified atom stereocenters. The third-order valence-electron chi connectivity index (χ3n) is 4.61. The molecule has 1 aliphatic heterocycles. The Bertz CT molecular complexity index is 1070. The zero-order valence-electron chi connectivity index (χ0n) is 19.0. The van der Waals surface area contributed by atoms with Crippen molar-refractivity contribution in [3.8, 4) is 11.5 Å². The van der Waals surface area contributed by atoms with Crippen molar-refractivity contribution in [2.24, 2.45) is 10.9 Å². The zero-order chi connectivity index (χ0) is 24.7. The molecule has 10 heteroatoms. The largest absolute Gasteiger partial charge is 0.497 e. The summed E-state index contributed by atoms with van der Waals surface area (Å²) in [5.41, 5.74) is 1.34. The minimum absolute atomic E-state index is 0.0291. The summed E-state index contributed by atoms with van der Waals surface area (Å²) < 4.78 is 34.5. The van der Waals surface area contributed by atoms with Crippen molar-refractivity contribution in [1.82, 2.24) is 5.32 Å². The summed E-state index contributed by atoms with van der Waals surface area (Å²) in [6, 6.07) is 12.8. The second-order valence-corrected chi connectivity index (χ2v) is 8.64. The molecular formula is C24H25F2N3O4S. The number of carbonyl (C=O) groups excluding carboxylic acids is 2. The molecule has 0 radical (unpaired) electrons. The van der Waals surface area contributed by atoms with Crippen LogP contribution in [0.2, 0.25) is 0 Å². The average Bonchev–Trinajstić information content (AvgIpc) is 3.11. The van der Waals surface area contributed by atoms with Crippen molar-refractivity contribution in [2.45, 2.75) is 20.5 Å². The highest BCUT2D eigenvalue weighted by molar-refractivity contribution is 8.14. The molecule has 1 N–H and O–H groups in total. The molecule has 0 fully saturated rings. The first-order chi connectivity index (χ1) is 16.3. The van der Waals surface area contributed by atoms with E-state index < -0.39 is 12.5 Å². The fourth-order valence-electron chi connectivity index (χ4n) is 2.95. The van der Waals surface area contributed by atoms with E-state index in [1.54, 1.807) is 37.5 Å². The van der Waals surface area contributed by atoms with Crippen molar-refractivity contribution in [2.75, 3.05) is 24.3 Å². The van der Waals surface area contributed by atoms with Crippen molar-refractivity contribution in [3.63, 3.8) is 0 Å². The molecule has 180 valence electrons. The summed E-state index contributed by atoms with van der Waals surface area (Å²) in [7, 11) is 1.56. The zero-order valence-corrected chi connectivity index (χ0v) is 19.8. The standard InChI is InChI=1S/C24H25F2N3O4S/c1-15(2)13-27-21(30)14-34-24-28-20(12-16-4-8-18(32-3)9-5-16)22(31)29(24)17-6-10-19(11-7-17)33-23(25)26/h4-12,15,23H,13-14H2,1-3H3,(H,27,30)/b20-12+. The van der Waals surface area contributed by atoms with Gasteiger partial charge >= 0.3 is 6.61 Å². The van der Waals surface area contributed by atoms with E-state index in [2.05, 4.69) is 15.0 Å². The SMILES string of the molecule is COc1ccc(/C=C2/N=C(SCC(=O)NCC(C)C)N(c3ccc(OC(F)F)cc3)C2=O)cc1. The van der Waals surface area contributed by atoms with Gasteiger partial charge in [0.25, 0.3) is 5.91 Å². The summed E-state index contributed by atoms with van der Waals surface area (Å²) in [5, 5.41) is 3.14. The molecule has 0 saturated heterocycles. The van der Waals surface area contributed by atoms with Gasteiger partial charge in [-0.05, 0) is 54.0 Å². The normalized spacial score (nSPS) is 14.7. The summed E-state index contributed by atoms with van der Waals surface area (Å²) in [5.74, 6) is 0.449. The lowest BCUT2D eigenvalue weighted by Crippen LogP contribution is -2.33. The first kappa shape index (κ1) is 25.2. The molecule has 1 aliphatic rings. The highest BCUT2D eigenvalue weighted by Gasteiger charge is 2.32. The topological polar surface area (TPSA) is 80.2 Å². The second kappa shape index (κ2) is 11.6. The quantitative estimate of drug-likeness (QED) is 0.523. The van der Waals surface area contributed by atoms with Crippen LogP contribution in [0, 0.1) is 5.92 Å². The van der Waals surface area contributed by atoms with Crippen LogP contribution in [0.5, 0.6) is 11.5 Å². The number of nitrogens with zero attached hydrogens (tertiary/aromatic N) is 2. The Labute approximate surface area is 200 Å². The maximum atomic E-state index is 13.2. The van der Waals surface area contributed by atoms with Gasteiger partial charge in [-0.3, -0.25) is 14.5 Å². The Kier molecular flexibility index (Phi) is 8.64. The molecule has 0 aromatic heterocycles. The molecule has 0 aliphatic carbocycles. The van der Waals surface area contributed by atoms with Gasteiger partial charge in [-0.2, -0.15) is 8.78 Å². The number of rotatable bonds is 9. The summed E-state index contributed by atoms with van der Waals surface area (Å²) in [4.78, 5) is 31.2. The highest BCUT2D eigenvalue weighted by atomic mass is 32.2. The molecule has 0 spiro atoms. The Morgan fingerprint density at radius 3 is 2.35 bits per heavy atom. The van der Waals surface area contributed by atoms with Crippen LogP contribution < -0.4 is 19.7 Å². The average molecular weight is 490 g/mol. The van der Waals surface area contributed by atoms with Crippen LogP contribution in [0.4, 0.5) is 14.5 Å². The maximum Gasteiger partial charge on any atom is 0.387 e. The number of amides is 2. The van der Waals surface area contributed by atoms with Gasteiger partial charge in [-0.15, -0.1) is 0 Å². The number of hydrogen-bond acceptors (Lipinski definition) is 6. The number of benzene rings is 2. The van der Waals surface area contributed by atoms with Crippen molar-refractivity contribution >= 4 is 40.5 Å². The molecule has 7 nitrogen and oxygen atoms in total. The Morgan fingerprint density at radius 2 is 1.76 bits per heavy atom. The molecule has 2 aromatic carbocycles. The van der Waals surface area contributed by atoms with E-state index in [-0.39, 0.29) is 23.1 Å². The van der Waals surface area contributed by atoms with Crippen LogP contribution in [-0.4, -0.2) is 43.0 Å². The number of alkyl halides is 2. The number of halogens is 2. The predicted octanol–water partition coefficient (Wildman–Crippen LogP) is 4.55. The van der Waals surface area contributed by atoms with E-state index in [1.807, 2.05) is 13.8 Å². The maximum absolute atomic E-state index is 13.2. The lowest BCUT2D eigenvalue weighted by atomic mass is 10.2. The number of aliphatic imine (C=N–C) groups is 1. The number of amidine groups is 1. The van der Waals surface area contributed by atoms with Gasteiger partial charge < -0.3 is 14.8 Å². The third kappa shape index (κ3) is 6.80. The number of hydrogen-bond donors (Lipinski definition) is 1. The number of anilines is 1. The molecule has 2 amide bonds. The second-order valence-electron chi connectivity index (χ2n) is 7.70. The lowest BCUT2D eigenvalue weighted by Gasteiger charge is -2.18. The molecule has 0 bridgehead atoms. The molecule has 0 atom stereocenters. The Balaban J connectivity index is 1.85. The van der Waals surface area contributed by atoms with E-state index in [9.17, 15) is 18.4 Å². The van der Waals surface area contributed by atoms with Crippen LogP contribution >= 0.6 is 11.8 Å². The van der Waals surface area contributed by atoms with Crippen LogP contribution in [0.25, 0.3) is 6.08 Å². The third-order valence-corrected chi connectivity index (χ3v) is 5.55. The van der Waals surface area contributed by atoms with Crippen molar-refractivity contribution in [1.29, 1.82) is 0 Å². The van der Waals surface area contributed by atoms with Gasteiger partial charge in [0.05, 0.1) is 18.6 Å². The fourth-order valence-corrected chi connectivity index (χ4v) is 3.80. The Morgan fingerprint density at radius 1 is 1.12 bits per heavy atom. The molecule has 0 saturated carbocycles.